The van der Waals surface area contributed by atoms with Gasteiger partial charge in [-0.3, -0.25) is 14.7 Å². The van der Waals surface area contributed by atoms with Crippen LogP contribution >= 0.6 is 0 Å². The quantitative estimate of drug-likeness (QED) is 0.693. The molecule has 6 heteroatoms. The first-order valence-corrected chi connectivity index (χ1v) is 10.5. The monoisotopic (exact) mass is 417 g/mol. The first-order valence-electron chi connectivity index (χ1n) is 10.5. The minimum absolute atomic E-state index is 0.0337. The summed E-state index contributed by atoms with van der Waals surface area (Å²) in [5.41, 5.74) is 2.19. The Kier molecular flexibility index (Phi) is 5.04. The van der Waals surface area contributed by atoms with E-state index in [4.69, 9.17) is 0 Å². The Bertz CT molecular complexity index is 1070. The van der Waals surface area contributed by atoms with Crippen molar-refractivity contribution in [3.63, 3.8) is 0 Å². The van der Waals surface area contributed by atoms with E-state index in [0.717, 1.165) is 11.3 Å². The van der Waals surface area contributed by atoms with Gasteiger partial charge in [-0.05, 0) is 35.9 Å². The van der Waals surface area contributed by atoms with Gasteiger partial charge in [0.1, 0.15) is 5.82 Å². The zero-order valence-corrected chi connectivity index (χ0v) is 17.1. The zero-order chi connectivity index (χ0) is 21.4. The van der Waals surface area contributed by atoms with E-state index >= 15 is 0 Å². The van der Waals surface area contributed by atoms with Crippen molar-refractivity contribution in [2.75, 3.05) is 19.7 Å². The number of carbonyl (C=O) groups is 1. The number of rotatable bonds is 5. The van der Waals surface area contributed by atoms with Gasteiger partial charge in [0.05, 0.1) is 17.8 Å². The minimum Gasteiger partial charge on any atom is -0.395 e. The number of halogens is 1. The Morgan fingerprint density at radius 1 is 1.06 bits per heavy atom. The second-order valence-corrected chi connectivity index (χ2v) is 8.36. The molecule has 2 atom stereocenters. The number of hydrogen-bond acceptors (Lipinski definition) is 4. The first-order chi connectivity index (χ1) is 15.1. The first kappa shape index (κ1) is 19.8. The van der Waals surface area contributed by atoms with Crippen LogP contribution in [-0.4, -0.2) is 57.1 Å². The smallest absolute Gasteiger partial charge is 0.254 e. The molecule has 0 bridgehead atoms. The lowest BCUT2D eigenvalue weighted by Crippen LogP contribution is -2.84. The highest BCUT2D eigenvalue weighted by atomic mass is 19.1. The summed E-state index contributed by atoms with van der Waals surface area (Å²) in [6.07, 6.45) is 1.77. The largest absolute Gasteiger partial charge is 0.395 e. The van der Waals surface area contributed by atoms with E-state index in [2.05, 4.69) is 22.0 Å². The molecule has 3 aromatic rings. The molecular weight excluding hydrogens is 393 g/mol. The molecule has 2 aliphatic rings. The lowest BCUT2D eigenvalue weighted by Gasteiger charge is -2.70. The van der Waals surface area contributed by atoms with Crippen LogP contribution in [0.3, 0.4) is 0 Å². The molecule has 0 aliphatic carbocycles. The van der Waals surface area contributed by atoms with Crippen molar-refractivity contribution in [3.05, 3.63) is 102 Å². The number of benzene rings is 2. The van der Waals surface area contributed by atoms with Crippen molar-refractivity contribution >= 4 is 5.91 Å². The molecule has 2 saturated heterocycles. The third kappa shape index (κ3) is 3.32. The molecule has 3 heterocycles. The number of aliphatic hydroxyl groups is 1. The van der Waals surface area contributed by atoms with Crippen LogP contribution in [0, 0.1) is 5.82 Å². The Balaban J connectivity index is 1.43. The number of aliphatic hydroxyl groups excluding tert-OH is 1. The Hall–Kier alpha value is -3.09. The Labute approximate surface area is 180 Å². The van der Waals surface area contributed by atoms with Gasteiger partial charge in [0.25, 0.3) is 5.91 Å². The molecule has 31 heavy (non-hydrogen) atoms. The third-order valence-electron chi connectivity index (χ3n) is 6.63. The fourth-order valence-electron chi connectivity index (χ4n) is 5.24. The maximum Gasteiger partial charge on any atom is 0.254 e. The fourth-order valence-corrected chi connectivity index (χ4v) is 5.24. The molecule has 5 rings (SSSR count). The maximum atomic E-state index is 13.6. The van der Waals surface area contributed by atoms with Gasteiger partial charge in [-0.2, -0.15) is 0 Å². The van der Waals surface area contributed by atoms with E-state index < -0.39 is 5.82 Å². The SMILES string of the molecule is O=C(c1cccc(F)c1)N1CC2(C1)[C@H](c1ccccc1)[C@@H](CO)N2Cc1ccccn1. The van der Waals surface area contributed by atoms with E-state index in [0.29, 0.717) is 25.2 Å². The minimum atomic E-state index is -0.413. The van der Waals surface area contributed by atoms with E-state index in [1.54, 1.807) is 23.2 Å². The van der Waals surface area contributed by atoms with Gasteiger partial charge in [-0.25, -0.2) is 4.39 Å². The third-order valence-corrected chi connectivity index (χ3v) is 6.63. The summed E-state index contributed by atoms with van der Waals surface area (Å²) in [5, 5.41) is 10.2. The number of hydrogen-bond donors (Lipinski definition) is 1. The van der Waals surface area contributed by atoms with Crippen molar-refractivity contribution in [1.82, 2.24) is 14.8 Å². The highest BCUT2D eigenvalue weighted by molar-refractivity contribution is 5.95. The van der Waals surface area contributed by atoms with Crippen LogP contribution in [0.1, 0.15) is 27.5 Å². The van der Waals surface area contributed by atoms with E-state index in [1.165, 1.54) is 12.1 Å². The number of aromatic nitrogens is 1. The number of nitrogens with zero attached hydrogens (tertiary/aromatic N) is 3. The molecule has 0 unspecified atom stereocenters. The summed E-state index contributed by atoms with van der Waals surface area (Å²) in [4.78, 5) is 21.4. The number of pyridine rings is 1. The van der Waals surface area contributed by atoms with Crippen LogP contribution in [0.2, 0.25) is 0 Å². The van der Waals surface area contributed by atoms with E-state index in [-0.39, 0.29) is 30.0 Å². The molecule has 0 radical (unpaired) electrons. The second kappa shape index (κ2) is 7.87. The lowest BCUT2D eigenvalue weighted by molar-refractivity contribution is -0.184. The second-order valence-electron chi connectivity index (χ2n) is 8.36. The average Bonchev–Trinajstić information content (AvgIpc) is 2.77. The van der Waals surface area contributed by atoms with Gasteiger partial charge in [-0.1, -0.05) is 42.5 Å². The standard InChI is InChI=1S/C25H24FN3O2/c26-20-10-6-9-19(13-20)24(31)28-16-25(17-28)23(18-7-2-1-3-8-18)22(15-30)29(25)14-21-11-4-5-12-27-21/h1-13,22-23,30H,14-17H2/t22-,23-/m1/s1. The molecule has 158 valence electrons. The highest BCUT2D eigenvalue weighted by Crippen LogP contribution is 2.54. The highest BCUT2D eigenvalue weighted by Gasteiger charge is 2.66. The van der Waals surface area contributed by atoms with Crippen molar-refractivity contribution in [2.45, 2.75) is 24.0 Å². The number of likely N-dealkylation sites (tertiary alicyclic amines) is 2. The van der Waals surface area contributed by atoms with Gasteiger partial charge in [-0.15, -0.1) is 0 Å². The molecule has 5 nitrogen and oxygen atoms in total. The number of carbonyl (C=O) groups excluding carboxylic acids is 1. The van der Waals surface area contributed by atoms with E-state index in [9.17, 15) is 14.3 Å². The van der Waals surface area contributed by atoms with Crippen molar-refractivity contribution in [2.24, 2.45) is 0 Å². The van der Waals surface area contributed by atoms with E-state index in [1.807, 2.05) is 36.4 Å². The van der Waals surface area contributed by atoms with Crippen molar-refractivity contribution in [1.29, 1.82) is 0 Å². The summed E-state index contributed by atoms with van der Waals surface area (Å²) in [6.45, 7) is 1.71. The van der Waals surface area contributed by atoms with Crippen LogP contribution in [-0.2, 0) is 6.54 Å². The van der Waals surface area contributed by atoms with Gasteiger partial charge in [0.2, 0.25) is 0 Å². The summed E-state index contributed by atoms with van der Waals surface area (Å²) < 4.78 is 13.6. The van der Waals surface area contributed by atoms with Crippen LogP contribution in [0.4, 0.5) is 4.39 Å². The number of amides is 1. The summed E-state index contributed by atoms with van der Waals surface area (Å²) >= 11 is 0. The lowest BCUT2D eigenvalue weighted by atomic mass is 9.60. The fraction of sp³-hybridized carbons (Fsp3) is 0.280. The Morgan fingerprint density at radius 2 is 1.84 bits per heavy atom. The van der Waals surface area contributed by atoms with Crippen molar-refractivity contribution in [3.8, 4) is 0 Å². The molecule has 2 aliphatic heterocycles. The van der Waals surface area contributed by atoms with Gasteiger partial charge < -0.3 is 10.0 Å². The maximum absolute atomic E-state index is 13.6. The molecule has 1 spiro atoms. The molecule has 0 saturated carbocycles. The van der Waals surface area contributed by atoms with Gasteiger partial charge >= 0.3 is 0 Å². The van der Waals surface area contributed by atoms with Crippen LogP contribution in [0.15, 0.2) is 79.0 Å². The Morgan fingerprint density at radius 3 is 2.52 bits per heavy atom. The molecule has 1 aromatic heterocycles. The van der Waals surface area contributed by atoms with Gasteiger partial charge in [0, 0.05) is 43.4 Å². The topological polar surface area (TPSA) is 56.7 Å². The molecule has 1 amide bonds. The molecular formula is C25H24FN3O2. The van der Waals surface area contributed by atoms with Crippen LogP contribution in [0.25, 0.3) is 0 Å². The predicted octanol–water partition coefficient (Wildman–Crippen LogP) is 3.08. The zero-order valence-electron chi connectivity index (χ0n) is 17.1. The van der Waals surface area contributed by atoms with Crippen LogP contribution < -0.4 is 0 Å². The average molecular weight is 417 g/mol. The summed E-state index contributed by atoms with van der Waals surface area (Å²) in [5.74, 6) is -0.467. The predicted molar refractivity (Wildman–Crippen MR) is 115 cm³/mol. The van der Waals surface area contributed by atoms with Gasteiger partial charge in [0.15, 0.2) is 0 Å². The molecule has 1 N–H and O–H groups in total. The summed E-state index contributed by atoms with van der Waals surface area (Å²) in [6, 6.07) is 21.8. The molecule has 2 fully saturated rings. The van der Waals surface area contributed by atoms with Crippen molar-refractivity contribution < 1.29 is 14.3 Å². The normalized spacial score (nSPS) is 22.1. The summed E-state index contributed by atoms with van der Waals surface area (Å²) in [7, 11) is 0. The van der Waals surface area contributed by atoms with Crippen LogP contribution in [0.5, 0.6) is 0 Å². The molecule has 2 aromatic carbocycles.